The first-order chi connectivity index (χ1) is 10.5. The Bertz CT molecular complexity index is 694. The fourth-order valence-corrected chi connectivity index (χ4v) is 3.08. The third-order valence-corrected chi connectivity index (χ3v) is 4.34. The Balaban J connectivity index is 2.06. The molecule has 0 aliphatic heterocycles. The molecule has 0 amide bonds. The number of benzene rings is 1. The summed E-state index contributed by atoms with van der Waals surface area (Å²) in [6, 6.07) is 9.05. The summed E-state index contributed by atoms with van der Waals surface area (Å²) in [5.74, 6) is 0.129. The molecule has 0 spiro atoms. The Morgan fingerprint density at radius 1 is 1.27 bits per heavy atom. The maximum Gasteiger partial charge on any atom is 0.234 e. The van der Waals surface area contributed by atoms with E-state index in [9.17, 15) is 8.42 Å². The number of nitrogens with one attached hydrogen (secondary N) is 1. The van der Waals surface area contributed by atoms with Gasteiger partial charge in [-0.05, 0) is 17.6 Å². The van der Waals surface area contributed by atoms with Crippen LogP contribution < -0.4 is 4.72 Å². The molecule has 0 saturated carbocycles. The van der Waals surface area contributed by atoms with E-state index in [0.717, 1.165) is 5.56 Å². The number of aromatic nitrogens is 3. The van der Waals surface area contributed by atoms with Crippen molar-refractivity contribution in [3.63, 3.8) is 0 Å². The maximum atomic E-state index is 12.2. The average Bonchev–Trinajstić information content (AvgIpc) is 2.98. The molecule has 6 nitrogen and oxygen atoms in total. The van der Waals surface area contributed by atoms with Crippen LogP contribution in [0, 0.1) is 5.92 Å². The first-order valence-corrected chi connectivity index (χ1v) is 8.60. The van der Waals surface area contributed by atoms with E-state index < -0.39 is 10.0 Å². The minimum atomic E-state index is -3.52. The zero-order chi connectivity index (χ0) is 16.0. The molecule has 0 saturated heterocycles. The minimum absolute atomic E-state index is 0.129. The summed E-state index contributed by atoms with van der Waals surface area (Å²) in [6.45, 7) is 4.37. The summed E-state index contributed by atoms with van der Waals surface area (Å²) in [5.41, 5.74) is 0.838. The normalized spacial score (nSPS) is 13.8. The lowest BCUT2D eigenvalue weighted by Gasteiger charge is -2.21. The van der Waals surface area contributed by atoms with Crippen LogP contribution >= 0.6 is 0 Å². The smallest absolute Gasteiger partial charge is 0.234 e. The molecular formula is C15H20N4O2S. The van der Waals surface area contributed by atoms with Gasteiger partial charge in [0.2, 0.25) is 10.0 Å². The summed E-state index contributed by atoms with van der Waals surface area (Å²) in [5, 5.41) is 8.80. The van der Waals surface area contributed by atoms with Gasteiger partial charge >= 0.3 is 0 Å². The topological polar surface area (TPSA) is 76.9 Å². The van der Waals surface area contributed by atoms with Crippen LogP contribution in [0.25, 0.3) is 6.08 Å². The molecule has 0 bridgehead atoms. The lowest BCUT2D eigenvalue weighted by Crippen LogP contribution is -2.40. The number of hydrogen-bond donors (Lipinski definition) is 1. The van der Waals surface area contributed by atoms with Gasteiger partial charge in [0.15, 0.2) is 0 Å². The van der Waals surface area contributed by atoms with E-state index in [0.29, 0.717) is 6.54 Å². The quantitative estimate of drug-likeness (QED) is 0.845. The molecule has 2 aromatic rings. The number of nitrogens with zero attached hydrogens (tertiary/aromatic N) is 3. The Kier molecular flexibility index (Phi) is 5.46. The van der Waals surface area contributed by atoms with Gasteiger partial charge in [-0.15, -0.1) is 5.10 Å². The summed E-state index contributed by atoms with van der Waals surface area (Å²) in [6.07, 6.45) is 4.86. The summed E-state index contributed by atoms with van der Waals surface area (Å²) in [7, 11) is -3.52. The van der Waals surface area contributed by atoms with Crippen LogP contribution in [0.2, 0.25) is 0 Å². The number of hydrogen-bond acceptors (Lipinski definition) is 4. The van der Waals surface area contributed by atoms with Gasteiger partial charge < -0.3 is 0 Å². The molecule has 2 rings (SSSR count). The second-order valence-corrected chi connectivity index (χ2v) is 6.95. The first kappa shape index (κ1) is 16.4. The zero-order valence-electron chi connectivity index (χ0n) is 12.6. The van der Waals surface area contributed by atoms with Gasteiger partial charge in [0.05, 0.1) is 12.7 Å². The predicted molar refractivity (Wildman–Crippen MR) is 86.2 cm³/mol. The standard InChI is InChI=1S/C15H20N4O2S/c1-13(2)15(12-19-10-9-16-18-19)17-22(20,21)11-8-14-6-4-3-5-7-14/h3-11,13,15,17H,12H2,1-2H3/b11-8+/t15-/m0/s1. The van der Waals surface area contributed by atoms with E-state index in [1.54, 1.807) is 23.2 Å². The van der Waals surface area contributed by atoms with Crippen LogP contribution in [0.4, 0.5) is 0 Å². The molecule has 118 valence electrons. The largest absolute Gasteiger partial charge is 0.251 e. The third-order valence-electron chi connectivity index (χ3n) is 3.22. The highest BCUT2D eigenvalue weighted by Crippen LogP contribution is 2.08. The van der Waals surface area contributed by atoms with Crippen molar-refractivity contribution in [3.8, 4) is 0 Å². The monoisotopic (exact) mass is 320 g/mol. The Hall–Kier alpha value is -1.99. The van der Waals surface area contributed by atoms with E-state index >= 15 is 0 Å². The fourth-order valence-electron chi connectivity index (χ4n) is 1.90. The third kappa shape index (κ3) is 5.09. The van der Waals surface area contributed by atoms with E-state index in [-0.39, 0.29) is 12.0 Å². The Morgan fingerprint density at radius 3 is 2.59 bits per heavy atom. The average molecular weight is 320 g/mol. The van der Waals surface area contributed by atoms with Gasteiger partial charge in [0.1, 0.15) is 0 Å². The highest BCUT2D eigenvalue weighted by Gasteiger charge is 2.19. The minimum Gasteiger partial charge on any atom is -0.251 e. The van der Waals surface area contributed by atoms with Crippen molar-refractivity contribution < 1.29 is 8.42 Å². The molecular weight excluding hydrogens is 300 g/mol. The van der Waals surface area contributed by atoms with Gasteiger partial charge in [-0.25, -0.2) is 13.1 Å². The van der Waals surface area contributed by atoms with Gasteiger partial charge in [0.25, 0.3) is 0 Å². The van der Waals surface area contributed by atoms with Crippen LogP contribution in [0.3, 0.4) is 0 Å². The molecule has 1 atom stereocenters. The zero-order valence-corrected chi connectivity index (χ0v) is 13.4. The second kappa shape index (κ2) is 7.33. The van der Waals surface area contributed by atoms with Gasteiger partial charge in [-0.1, -0.05) is 49.4 Å². The maximum absolute atomic E-state index is 12.2. The van der Waals surface area contributed by atoms with Crippen LogP contribution in [-0.4, -0.2) is 29.5 Å². The van der Waals surface area contributed by atoms with Crippen LogP contribution in [0.5, 0.6) is 0 Å². The van der Waals surface area contributed by atoms with E-state index in [2.05, 4.69) is 15.0 Å². The molecule has 1 aromatic heterocycles. The first-order valence-electron chi connectivity index (χ1n) is 7.06. The van der Waals surface area contributed by atoms with Gasteiger partial charge in [-0.2, -0.15) is 0 Å². The summed E-state index contributed by atoms with van der Waals surface area (Å²) >= 11 is 0. The second-order valence-electron chi connectivity index (χ2n) is 5.35. The van der Waals surface area contributed by atoms with Gasteiger partial charge in [0, 0.05) is 17.6 Å². The fraction of sp³-hybridized carbons (Fsp3) is 0.333. The van der Waals surface area contributed by atoms with Crippen LogP contribution in [-0.2, 0) is 16.6 Å². The van der Waals surface area contributed by atoms with Crippen LogP contribution in [0.1, 0.15) is 19.4 Å². The molecule has 7 heteroatoms. The molecule has 0 unspecified atom stereocenters. The number of rotatable bonds is 7. The molecule has 0 aliphatic rings. The molecule has 0 aliphatic carbocycles. The summed E-state index contributed by atoms with van der Waals surface area (Å²) < 4.78 is 28.7. The van der Waals surface area contributed by atoms with Crippen molar-refractivity contribution in [1.29, 1.82) is 0 Å². The lowest BCUT2D eigenvalue weighted by molar-refractivity contribution is 0.380. The molecule has 1 heterocycles. The lowest BCUT2D eigenvalue weighted by atomic mass is 10.1. The van der Waals surface area contributed by atoms with Crippen molar-refractivity contribution in [2.45, 2.75) is 26.4 Å². The van der Waals surface area contributed by atoms with Crippen molar-refractivity contribution in [2.24, 2.45) is 5.92 Å². The Labute approximate surface area is 130 Å². The van der Waals surface area contributed by atoms with Crippen molar-refractivity contribution >= 4 is 16.1 Å². The number of sulfonamides is 1. The van der Waals surface area contributed by atoms with Gasteiger partial charge in [-0.3, -0.25) is 4.68 Å². The van der Waals surface area contributed by atoms with Crippen molar-refractivity contribution in [3.05, 3.63) is 53.7 Å². The highest BCUT2D eigenvalue weighted by molar-refractivity contribution is 7.92. The molecule has 22 heavy (non-hydrogen) atoms. The predicted octanol–water partition coefficient (Wildman–Crippen LogP) is 1.89. The summed E-state index contributed by atoms with van der Waals surface area (Å²) in [4.78, 5) is 0. The van der Waals surface area contributed by atoms with E-state index in [4.69, 9.17) is 0 Å². The van der Waals surface area contributed by atoms with Crippen molar-refractivity contribution in [1.82, 2.24) is 19.7 Å². The van der Waals surface area contributed by atoms with E-state index in [1.807, 2.05) is 44.2 Å². The highest BCUT2D eigenvalue weighted by atomic mass is 32.2. The van der Waals surface area contributed by atoms with Crippen LogP contribution in [0.15, 0.2) is 48.1 Å². The SMILES string of the molecule is CC(C)[C@H](Cn1ccnn1)NS(=O)(=O)/C=C/c1ccccc1. The molecule has 1 N–H and O–H groups in total. The van der Waals surface area contributed by atoms with Crippen molar-refractivity contribution in [2.75, 3.05) is 0 Å². The Morgan fingerprint density at radius 2 is 2.00 bits per heavy atom. The molecule has 0 radical (unpaired) electrons. The molecule has 1 aromatic carbocycles. The molecule has 0 fully saturated rings. The van der Waals surface area contributed by atoms with E-state index in [1.165, 1.54) is 5.41 Å².